The molecule has 1 aromatic rings. The Hall–Kier alpha value is -1.10. The number of nitrogens with two attached hydrogens (primary N) is 1. The van der Waals surface area contributed by atoms with Crippen molar-refractivity contribution in [2.24, 2.45) is 5.73 Å². The van der Waals surface area contributed by atoms with Gasteiger partial charge in [-0.1, -0.05) is 6.07 Å². The smallest absolute Gasteiger partial charge is 0.316 e. The number of hydrogen-bond acceptors (Lipinski definition) is 2. The summed E-state index contributed by atoms with van der Waals surface area (Å²) in [7, 11) is 0. The fourth-order valence-electron chi connectivity index (χ4n) is 0.852. The lowest BCUT2D eigenvalue weighted by atomic mass is 10.1. The number of rotatable bonds is 1. The van der Waals surface area contributed by atoms with Gasteiger partial charge in [-0.05, 0) is 18.6 Å². The van der Waals surface area contributed by atoms with Crippen LogP contribution in [0, 0.1) is 6.92 Å². The van der Waals surface area contributed by atoms with Crippen LogP contribution in [0.3, 0.4) is 0 Å². The van der Waals surface area contributed by atoms with E-state index in [1.54, 1.807) is 6.92 Å². The molecular weight excluding hydrogens is 181 g/mol. The van der Waals surface area contributed by atoms with Gasteiger partial charge in [-0.3, -0.25) is 4.98 Å². The molecule has 5 heteroatoms. The van der Waals surface area contributed by atoms with Gasteiger partial charge in [0, 0.05) is 11.9 Å². The van der Waals surface area contributed by atoms with E-state index >= 15 is 0 Å². The zero-order valence-corrected chi connectivity index (χ0v) is 6.97. The minimum atomic E-state index is -4.41. The van der Waals surface area contributed by atoms with Crippen molar-refractivity contribution >= 4 is 0 Å². The highest BCUT2D eigenvalue weighted by atomic mass is 19.4. The zero-order chi connectivity index (χ0) is 10.1. The van der Waals surface area contributed by atoms with Crippen LogP contribution in [0.2, 0.25) is 0 Å². The Morgan fingerprint density at radius 2 is 2.00 bits per heavy atom. The van der Waals surface area contributed by atoms with Crippen LogP contribution in [-0.4, -0.2) is 11.2 Å². The maximum Gasteiger partial charge on any atom is 0.407 e. The third-order valence-corrected chi connectivity index (χ3v) is 1.65. The molecule has 1 unspecified atom stereocenters. The van der Waals surface area contributed by atoms with Crippen molar-refractivity contribution in [3.05, 3.63) is 29.6 Å². The van der Waals surface area contributed by atoms with E-state index in [0.717, 1.165) is 6.20 Å². The molecular formula is C8H9F3N2. The van der Waals surface area contributed by atoms with Gasteiger partial charge in [0.25, 0.3) is 0 Å². The van der Waals surface area contributed by atoms with Crippen molar-refractivity contribution in [1.29, 1.82) is 0 Å². The normalized spacial score (nSPS) is 14.2. The van der Waals surface area contributed by atoms with Crippen molar-refractivity contribution < 1.29 is 13.2 Å². The predicted octanol–water partition coefficient (Wildman–Crippen LogP) is 1.95. The summed E-state index contributed by atoms with van der Waals surface area (Å²) in [6.45, 7) is 1.70. The third-order valence-electron chi connectivity index (χ3n) is 1.65. The maximum absolute atomic E-state index is 12.1. The van der Waals surface area contributed by atoms with Gasteiger partial charge in [-0.25, -0.2) is 0 Å². The molecule has 0 radical (unpaired) electrons. The van der Waals surface area contributed by atoms with Crippen LogP contribution in [0.5, 0.6) is 0 Å². The first kappa shape index (κ1) is 9.98. The Bertz CT molecular complexity index is 278. The fraction of sp³-hybridized carbons (Fsp3) is 0.375. The van der Waals surface area contributed by atoms with Crippen molar-refractivity contribution in [3.63, 3.8) is 0 Å². The number of hydrogen-bond donors (Lipinski definition) is 1. The first-order valence-corrected chi connectivity index (χ1v) is 3.66. The lowest BCUT2D eigenvalue weighted by Crippen LogP contribution is -2.28. The summed E-state index contributed by atoms with van der Waals surface area (Å²) >= 11 is 0. The number of nitrogens with zero attached hydrogens (tertiary/aromatic N) is 1. The molecule has 0 aromatic carbocycles. The Labute approximate surface area is 73.6 Å². The summed E-state index contributed by atoms with van der Waals surface area (Å²) in [5.41, 5.74) is 5.61. The summed E-state index contributed by atoms with van der Waals surface area (Å²) in [6.07, 6.45) is -3.26. The van der Waals surface area contributed by atoms with E-state index in [9.17, 15) is 13.2 Å². The van der Waals surface area contributed by atoms with E-state index in [0.29, 0.717) is 5.69 Å². The molecule has 2 nitrogen and oxygen atoms in total. The molecule has 0 saturated carbocycles. The van der Waals surface area contributed by atoms with Crippen molar-refractivity contribution in [2.45, 2.75) is 19.1 Å². The number of aromatic nitrogens is 1. The van der Waals surface area contributed by atoms with Crippen LogP contribution in [0.25, 0.3) is 0 Å². The molecule has 1 aromatic heterocycles. The third kappa shape index (κ3) is 2.42. The molecule has 0 saturated heterocycles. The number of aryl methyl sites for hydroxylation is 1. The summed E-state index contributed by atoms with van der Waals surface area (Å²) in [5.74, 6) is 0. The second kappa shape index (κ2) is 3.33. The lowest BCUT2D eigenvalue weighted by molar-refractivity contribution is -0.149. The number of pyridine rings is 1. The lowest BCUT2D eigenvalue weighted by Gasteiger charge is -2.15. The molecule has 0 amide bonds. The van der Waals surface area contributed by atoms with Crippen LogP contribution in [0.15, 0.2) is 18.3 Å². The zero-order valence-electron chi connectivity index (χ0n) is 6.97. The van der Waals surface area contributed by atoms with Gasteiger partial charge in [0.15, 0.2) is 0 Å². The van der Waals surface area contributed by atoms with E-state index in [-0.39, 0.29) is 5.56 Å². The summed E-state index contributed by atoms with van der Waals surface area (Å²) < 4.78 is 36.2. The Balaban J connectivity index is 2.90. The Kier molecular flexibility index (Phi) is 2.56. The second-order valence-electron chi connectivity index (χ2n) is 2.75. The quantitative estimate of drug-likeness (QED) is 0.735. The van der Waals surface area contributed by atoms with Crippen LogP contribution >= 0.6 is 0 Å². The van der Waals surface area contributed by atoms with E-state index in [4.69, 9.17) is 5.73 Å². The van der Waals surface area contributed by atoms with Crippen LogP contribution < -0.4 is 5.73 Å². The summed E-state index contributed by atoms with van der Waals surface area (Å²) in [4.78, 5) is 3.73. The van der Waals surface area contributed by atoms with E-state index in [1.807, 2.05) is 0 Å². The Morgan fingerprint density at radius 1 is 1.38 bits per heavy atom. The molecule has 1 atom stereocenters. The fourth-order valence-corrected chi connectivity index (χ4v) is 0.852. The average molecular weight is 190 g/mol. The molecule has 0 aliphatic rings. The molecule has 0 spiro atoms. The standard InChI is InChI=1S/C8H9F3N2/c1-5-2-3-6(4-13-5)7(12)8(9,10)11/h2-4,7H,12H2,1H3. The minimum Gasteiger partial charge on any atom is -0.316 e. The SMILES string of the molecule is Cc1ccc(C(N)C(F)(F)F)cn1. The molecule has 72 valence electrons. The molecule has 1 rings (SSSR count). The highest BCUT2D eigenvalue weighted by Gasteiger charge is 2.37. The topological polar surface area (TPSA) is 38.9 Å². The molecule has 0 fully saturated rings. The highest BCUT2D eigenvalue weighted by Crippen LogP contribution is 2.29. The van der Waals surface area contributed by atoms with E-state index in [2.05, 4.69) is 4.98 Å². The predicted molar refractivity (Wildman–Crippen MR) is 42.0 cm³/mol. The Morgan fingerprint density at radius 3 is 2.38 bits per heavy atom. The first-order valence-electron chi connectivity index (χ1n) is 3.66. The molecule has 0 bridgehead atoms. The summed E-state index contributed by atoms with van der Waals surface area (Å²) in [5, 5.41) is 0. The van der Waals surface area contributed by atoms with Crippen LogP contribution in [0.1, 0.15) is 17.3 Å². The highest BCUT2D eigenvalue weighted by molar-refractivity contribution is 5.18. The maximum atomic E-state index is 12.1. The molecule has 2 N–H and O–H groups in total. The van der Waals surface area contributed by atoms with Gasteiger partial charge >= 0.3 is 6.18 Å². The molecule has 13 heavy (non-hydrogen) atoms. The minimum absolute atomic E-state index is 0.0156. The summed E-state index contributed by atoms with van der Waals surface area (Å²) in [6, 6.07) is 0.891. The van der Waals surface area contributed by atoms with Crippen LogP contribution in [-0.2, 0) is 0 Å². The van der Waals surface area contributed by atoms with Crippen molar-refractivity contribution in [2.75, 3.05) is 0 Å². The molecule has 0 aliphatic carbocycles. The number of alkyl halides is 3. The van der Waals surface area contributed by atoms with Gasteiger partial charge in [-0.2, -0.15) is 13.2 Å². The van der Waals surface area contributed by atoms with Crippen molar-refractivity contribution in [1.82, 2.24) is 4.98 Å². The number of halogens is 3. The van der Waals surface area contributed by atoms with Gasteiger partial charge in [0.05, 0.1) is 0 Å². The first-order chi connectivity index (χ1) is 5.91. The average Bonchev–Trinajstić information content (AvgIpc) is 2.03. The van der Waals surface area contributed by atoms with Gasteiger partial charge in [0.2, 0.25) is 0 Å². The second-order valence-corrected chi connectivity index (χ2v) is 2.75. The van der Waals surface area contributed by atoms with Gasteiger partial charge in [-0.15, -0.1) is 0 Å². The van der Waals surface area contributed by atoms with Crippen LogP contribution in [0.4, 0.5) is 13.2 Å². The van der Waals surface area contributed by atoms with Gasteiger partial charge < -0.3 is 5.73 Å². The van der Waals surface area contributed by atoms with E-state index < -0.39 is 12.2 Å². The van der Waals surface area contributed by atoms with Gasteiger partial charge in [0.1, 0.15) is 6.04 Å². The molecule has 1 heterocycles. The molecule has 0 aliphatic heterocycles. The largest absolute Gasteiger partial charge is 0.407 e. The van der Waals surface area contributed by atoms with E-state index in [1.165, 1.54) is 12.1 Å². The van der Waals surface area contributed by atoms with Crippen molar-refractivity contribution in [3.8, 4) is 0 Å². The monoisotopic (exact) mass is 190 g/mol.